The van der Waals surface area contributed by atoms with Crippen molar-refractivity contribution >= 4 is 5.78 Å². The van der Waals surface area contributed by atoms with Crippen LogP contribution in [0, 0.1) is 0 Å². The molecular weight excluding hydrogens is 272 g/mol. The molecule has 0 saturated carbocycles. The van der Waals surface area contributed by atoms with Gasteiger partial charge in [-0.3, -0.25) is 4.79 Å². The minimum absolute atomic E-state index is 0.0231. The van der Waals surface area contributed by atoms with E-state index in [0.29, 0.717) is 12.2 Å². The first-order valence-electron chi connectivity index (χ1n) is 6.42. The molecule has 0 aliphatic carbocycles. The molecule has 0 aliphatic rings. The normalized spacial score (nSPS) is 10.3. The van der Waals surface area contributed by atoms with Gasteiger partial charge < -0.3 is 20.1 Å². The molecule has 0 atom stereocenters. The Hall–Kier alpha value is -2.69. The quantitative estimate of drug-likeness (QED) is 0.736. The van der Waals surface area contributed by atoms with Gasteiger partial charge in [-0.05, 0) is 36.2 Å². The van der Waals surface area contributed by atoms with E-state index >= 15 is 0 Å². The lowest BCUT2D eigenvalue weighted by molar-refractivity contribution is 0.0980. The lowest BCUT2D eigenvalue weighted by Crippen LogP contribution is -2.01. The Morgan fingerprint density at radius 3 is 2.43 bits per heavy atom. The van der Waals surface area contributed by atoms with Crippen molar-refractivity contribution < 1.29 is 24.9 Å². The third kappa shape index (κ3) is 3.45. The van der Waals surface area contributed by atoms with E-state index in [4.69, 9.17) is 4.74 Å². The van der Waals surface area contributed by atoms with Crippen molar-refractivity contribution in [3.8, 4) is 23.0 Å². The van der Waals surface area contributed by atoms with E-state index in [2.05, 4.69) is 0 Å². The highest BCUT2D eigenvalue weighted by molar-refractivity contribution is 5.98. The molecule has 2 aromatic rings. The number of carbonyl (C=O) groups excluding carboxylic acids is 1. The van der Waals surface area contributed by atoms with Crippen molar-refractivity contribution in [3.05, 3.63) is 47.5 Å². The van der Waals surface area contributed by atoms with Crippen LogP contribution in [0.4, 0.5) is 0 Å². The van der Waals surface area contributed by atoms with Crippen LogP contribution in [0.3, 0.4) is 0 Å². The number of hydrogen-bond acceptors (Lipinski definition) is 5. The molecule has 21 heavy (non-hydrogen) atoms. The number of phenolic OH excluding ortho intramolecular Hbond substituents is 3. The summed E-state index contributed by atoms with van der Waals surface area (Å²) in [4.78, 5) is 12.0. The zero-order valence-electron chi connectivity index (χ0n) is 11.5. The monoisotopic (exact) mass is 288 g/mol. The number of hydrogen-bond donors (Lipinski definition) is 3. The van der Waals surface area contributed by atoms with Crippen molar-refractivity contribution in [2.24, 2.45) is 0 Å². The summed E-state index contributed by atoms with van der Waals surface area (Å²) in [6, 6.07) is 8.82. The van der Waals surface area contributed by atoms with Crippen molar-refractivity contribution in [3.63, 3.8) is 0 Å². The fourth-order valence-electron chi connectivity index (χ4n) is 2.04. The molecule has 3 N–H and O–H groups in total. The molecule has 0 fully saturated rings. The van der Waals surface area contributed by atoms with Crippen LogP contribution < -0.4 is 4.74 Å². The number of rotatable bonds is 5. The van der Waals surface area contributed by atoms with Crippen LogP contribution >= 0.6 is 0 Å². The maximum absolute atomic E-state index is 12.0. The number of ketones is 1. The molecule has 0 radical (unpaired) electrons. The second-order valence-electron chi connectivity index (χ2n) is 4.63. The minimum Gasteiger partial charge on any atom is -0.508 e. The van der Waals surface area contributed by atoms with E-state index < -0.39 is 0 Å². The van der Waals surface area contributed by atoms with Crippen LogP contribution in [0.1, 0.15) is 22.3 Å². The van der Waals surface area contributed by atoms with Gasteiger partial charge in [-0.25, -0.2) is 0 Å². The number of aromatic hydroxyl groups is 3. The van der Waals surface area contributed by atoms with Gasteiger partial charge in [0.15, 0.2) is 17.3 Å². The van der Waals surface area contributed by atoms with E-state index in [-0.39, 0.29) is 35.0 Å². The van der Waals surface area contributed by atoms with Gasteiger partial charge in [-0.1, -0.05) is 6.07 Å². The van der Waals surface area contributed by atoms with Gasteiger partial charge in [0.25, 0.3) is 0 Å². The zero-order chi connectivity index (χ0) is 15.4. The molecule has 2 rings (SSSR count). The van der Waals surface area contributed by atoms with E-state index in [1.807, 2.05) is 0 Å². The Balaban J connectivity index is 2.05. The maximum atomic E-state index is 12.0. The van der Waals surface area contributed by atoms with Gasteiger partial charge in [0.1, 0.15) is 11.5 Å². The molecule has 0 spiro atoms. The Morgan fingerprint density at radius 2 is 1.81 bits per heavy atom. The molecule has 0 unspecified atom stereocenters. The van der Waals surface area contributed by atoms with Gasteiger partial charge in [0.2, 0.25) is 0 Å². The number of ether oxygens (including phenoxy) is 1. The van der Waals surface area contributed by atoms with Crippen LogP contribution in [-0.2, 0) is 6.42 Å². The highest BCUT2D eigenvalue weighted by atomic mass is 16.5. The van der Waals surface area contributed by atoms with E-state index in [0.717, 1.165) is 11.6 Å². The predicted molar refractivity (Wildman–Crippen MR) is 77.1 cm³/mol. The largest absolute Gasteiger partial charge is 0.508 e. The highest BCUT2D eigenvalue weighted by Gasteiger charge is 2.12. The summed E-state index contributed by atoms with van der Waals surface area (Å²) in [6.45, 7) is 0. The number of aryl methyl sites for hydroxylation is 1. The number of Topliss-reactive ketones (excluding diaryl/α,β-unsaturated/α-hetero) is 1. The van der Waals surface area contributed by atoms with E-state index in [9.17, 15) is 20.1 Å². The van der Waals surface area contributed by atoms with Crippen LogP contribution in [0.25, 0.3) is 0 Å². The highest BCUT2D eigenvalue weighted by Crippen LogP contribution is 2.28. The molecule has 0 aliphatic heterocycles. The number of methoxy groups -OCH3 is 1. The molecule has 110 valence electrons. The molecule has 5 nitrogen and oxygen atoms in total. The summed E-state index contributed by atoms with van der Waals surface area (Å²) in [5, 5.41) is 28.5. The summed E-state index contributed by atoms with van der Waals surface area (Å²) in [5.41, 5.74) is 0.963. The van der Waals surface area contributed by atoms with Crippen LogP contribution in [0.15, 0.2) is 36.4 Å². The zero-order valence-corrected chi connectivity index (χ0v) is 11.5. The fraction of sp³-hybridized carbons (Fsp3) is 0.188. The first-order chi connectivity index (χ1) is 10.0. The maximum Gasteiger partial charge on any atom is 0.166 e. The molecule has 0 amide bonds. The lowest BCUT2D eigenvalue weighted by Gasteiger charge is -2.07. The third-order valence-electron chi connectivity index (χ3n) is 3.17. The second-order valence-corrected chi connectivity index (χ2v) is 4.63. The molecule has 5 heteroatoms. The van der Waals surface area contributed by atoms with Gasteiger partial charge in [0, 0.05) is 12.5 Å². The van der Waals surface area contributed by atoms with Crippen molar-refractivity contribution in [1.29, 1.82) is 0 Å². The second kappa shape index (κ2) is 6.17. The first kappa shape index (κ1) is 14.7. The van der Waals surface area contributed by atoms with Crippen LogP contribution in [-0.4, -0.2) is 28.2 Å². The van der Waals surface area contributed by atoms with Gasteiger partial charge in [-0.2, -0.15) is 0 Å². The smallest absolute Gasteiger partial charge is 0.166 e. The standard InChI is InChI=1S/C16H16O5/c1-21-16-7-3-10(8-15(16)20)2-6-13(18)12-5-4-11(17)9-14(12)19/h3-5,7-9,17,19-20H,2,6H2,1H3. The first-order valence-corrected chi connectivity index (χ1v) is 6.42. The fourth-order valence-corrected chi connectivity index (χ4v) is 2.04. The average molecular weight is 288 g/mol. The predicted octanol–water partition coefficient (Wildman–Crippen LogP) is 2.63. The number of carbonyl (C=O) groups is 1. The Labute approximate surface area is 122 Å². The van der Waals surface area contributed by atoms with Gasteiger partial charge >= 0.3 is 0 Å². The molecule has 2 aromatic carbocycles. The number of benzene rings is 2. The minimum atomic E-state index is -0.238. The lowest BCUT2D eigenvalue weighted by atomic mass is 10.0. The molecule has 0 bridgehead atoms. The number of phenols is 3. The average Bonchev–Trinajstić information content (AvgIpc) is 2.45. The van der Waals surface area contributed by atoms with Crippen molar-refractivity contribution in [2.45, 2.75) is 12.8 Å². The summed E-state index contributed by atoms with van der Waals surface area (Å²) in [7, 11) is 1.46. The topological polar surface area (TPSA) is 87.0 Å². The van der Waals surface area contributed by atoms with Crippen molar-refractivity contribution in [1.82, 2.24) is 0 Å². The molecule has 0 saturated heterocycles. The van der Waals surface area contributed by atoms with Crippen molar-refractivity contribution in [2.75, 3.05) is 7.11 Å². The Bertz CT molecular complexity index is 664. The Kier molecular flexibility index (Phi) is 4.33. The summed E-state index contributed by atoms with van der Waals surface area (Å²) < 4.78 is 4.95. The molecular formula is C16H16O5. The Morgan fingerprint density at radius 1 is 1.05 bits per heavy atom. The summed E-state index contributed by atoms with van der Waals surface area (Å²) >= 11 is 0. The molecule has 0 heterocycles. The SMILES string of the molecule is COc1ccc(CCC(=O)c2ccc(O)cc2O)cc1O. The van der Waals surface area contributed by atoms with Crippen LogP contribution in [0.2, 0.25) is 0 Å². The van der Waals surface area contributed by atoms with Crippen LogP contribution in [0.5, 0.6) is 23.0 Å². The third-order valence-corrected chi connectivity index (χ3v) is 3.17. The van der Waals surface area contributed by atoms with E-state index in [1.165, 1.54) is 19.2 Å². The summed E-state index contributed by atoms with van der Waals surface area (Å²) in [6.07, 6.45) is 0.612. The molecule has 0 aromatic heterocycles. The van der Waals surface area contributed by atoms with Gasteiger partial charge in [-0.15, -0.1) is 0 Å². The summed E-state index contributed by atoms with van der Waals surface area (Å²) in [5.74, 6) is -0.166. The van der Waals surface area contributed by atoms with E-state index in [1.54, 1.807) is 18.2 Å². The van der Waals surface area contributed by atoms with Gasteiger partial charge in [0.05, 0.1) is 12.7 Å².